The van der Waals surface area contributed by atoms with Crippen LogP contribution in [0.2, 0.25) is 0 Å². The molecule has 4 nitrogen and oxygen atoms in total. The number of amides is 1. The maximum Gasteiger partial charge on any atom is 0.220 e. The largest absolute Gasteiger partial charge is 0.391 e. The molecular formula is C14H28N2O2. The molecule has 0 aromatic heterocycles. The van der Waals surface area contributed by atoms with Crippen LogP contribution in [0.4, 0.5) is 0 Å². The molecule has 18 heavy (non-hydrogen) atoms. The van der Waals surface area contributed by atoms with E-state index in [-0.39, 0.29) is 5.91 Å². The van der Waals surface area contributed by atoms with Gasteiger partial charge in [-0.25, -0.2) is 0 Å². The number of nitrogens with one attached hydrogen (secondary N) is 2. The lowest BCUT2D eigenvalue weighted by atomic mass is 9.95. The van der Waals surface area contributed by atoms with Crippen LogP contribution in [-0.2, 0) is 4.79 Å². The number of carbonyl (C=O) groups is 1. The molecule has 1 aliphatic rings. The highest BCUT2D eigenvalue weighted by Gasteiger charge is 2.19. The number of aliphatic hydroxyl groups excluding tert-OH is 1. The monoisotopic (exact) mass is 256 g/mol. The minimum Gasteiger partial charge on any atom is -0.391 e. The fourth-order valence-electron chi connectivity index (χ4n) is 2.65. The fraction of sp³-hybridized carbons (Fsp3) is 0.929. The van der Waals surface area contributed by atoms with E-state index in [1.807, 2.05) is 0 Å². The minimum absolute atomic E-state index is 0.0775. The summed E-state index contributed by atoms with van der Waals surface area (Å²) < 4.78 is 0. The second kappa shape index (κ2) is 8.48. The molecule has 0 aromatic rings. The molecule has 1 rings (SSSR count). The van der Waals surface area contributed by atoms with Crippen molar-refractivity contribution in [1.82, 2.24) is 10.6 Å². The lowest BCUT2D eigenvalue weighted by molar-refractivity contribution is -0.122. The standard InChI is InChI=1S/C14H28N2O2/c1-3-12(4-2)13(17)10-16-14(18)8-11-6-5-7-15-9-11/h11-13,15,17H,3-10H2,1-2H3,(H,16,18). The zero-order valence-electron chi connectivity index (χ0n) is 11.7. The molecule has 0 bridgehead atoms. The van der Waals surface area contributed by atoms with Crippen LogP contribution in [0.3, 0.4) is 0 Å². The van der Waals surface area contributed by atoms with E-state index in [2.05, 4.69) is 24.5 Å². The van der Waals surface area contributed by atoms with E-state index >= 15 is 0 Å². The summed E-state index contributed by atoms with van der Waals surface area (Å²) in [6.45, 7) is 6.57. The normalized spacial score (nSPS) is 21.9. The van der Waals surface area contributed by atoms with Gasteiger partial charge >= 0.3 is 0 Å². The van der Waals surface area contributed by atoms with Crippen LogP contribution in [0, 0.1) is 11.8 Å². The lowest BCUT2D eigenvalue weighted by Crippen LogP contribution is -2.38. The van der Waals surface area contributed by atoms with E-state index < -0.39 is 6.10 Å². The summed E-state index contributed by atoms with van der Waals surface area (Å²) in [7, 11) is 0. The summed E-state index contributed by atoms with van der Waals surface area (Å²) in [4.78, 5) is 11.8. The molecule has 1 fully saturated rings. The highest BCUT2D eigenvalue weighted by molar-refractivity contribution is 5.76. The molecule has 106 valence electrons. The summed E-state index contributed by atoms with van der Waals surface area (Å²) in [6, 6.07) is 0. The Morgan fingerprint density at radius 3 is 2.72 bits per heavy atom. The predicted octanol–water partition coefficient (Wildman–Crippen LogP) is 1.29. The van der Waals surface area contributed by atoms with Gasteiger partial charge in [-0.05, 0) is 37.8 Å². The zero-order valence-corrected chi connectivity index (χ0v) is 11.7. The van der Waals surface area contributed by atoms with Gasteiger partial charge in [-0.15, -0.1) is 0 Å². The van der Waals surface area contributed by atoms with Crippen LogP contribution in [-0.4, -0.2) is 36.8 Å². The molecule has 0 aliphatic carbocycles. The number of aliphatic hydroxyl groups is 1. The van der Waals surface area contributed by atoms with Crippen molar-refractivity contribution in [1.29, 1.82) is 0 Å². The first-order chi connectivity index (χ1) is 8.67. The Balaban J connectivity index is 2.19. The average Bonchev–Trinajstić information content (AvgIpc) is 2.39. The van der Waals surface area contributed by atoms with Crippen molar-refractivity contribution in [3.05, 3.63) is 0 Å². The first kappa shape index (κ1) is 15.4. The molecular weight excluding hydrogens is 228 g/mol. The van der Waals surface area contributed by atoms with Crippen molar-refractivity contribution in [2.75, 3.05) is 19.6 Å². The van der Waals surface area contributed by atoms with Crippen LogP contribution in [0.15, 0.2) is 0 Å². The topological polar surface area (TPSA) is 61.4 Å². The van der Waals surface area contributed by atoms with E-state index in [1.54, 1.807) is 0 Å². The maximum absolute atomic E-state index is 11.8. The third-order valence-corrected chi connectivity index (χ3v) is 3.97. The van der Waals surface area contributed by atoms with Gasteiger partial charge in [0.1, 0.15) is 0 Å². The third kappa shape index (κ3) is 5.36. The van der Waals surface area contributed by atoms with Crippen LogP contribution in [0.25, 0.3) is 0 Å². The Kier molecular flexibility index (Phi) is 7.28. The summed E-state index contributed by atoms with van der Waals surface area (Å²) >= 11 is 0. The van der Waals surface area contributed by atoms with Gasteiger partial charge in [-0.2, -0.15) is 0 Å². The Bertz CT molecular complexity index is 236. The number of rotatable bonds is 7. The van der Waals surface area contributed by atoms with Gasteiger partial charge < -0.3 is 15.7 Å². The van der Waals surface area contributed by atoms with Crippen molar-refractivity contribution >= 4 is 5.91 Å². The molecule has 4 heteroatoms. The molecule has 0 radical (unpaired) electrons. The molecule has 0 aromatic carbocycles. The van der Waals surface area contributed by atoms with E-state index in [0.29, 0.717) is 24.8 Å². The Hall–Kier alpha value is -0.610. The lowest BCUT2D eigenvalue weighted by Gasteiger charge is -2.23. The highest BCUT2D eigenvalue weighted by atomic mass is 16.3. The first-order valence-corrected chi connectivity index (χ1v) is 7.32. The average molecular weight is 256 g/mol. The summed E-state index contributed by atoms with van der Waals surface area (Å²) in [5, 5.41) is 16.1. The minimum atomic E-state index is -0.409. The van der Waals surface area contributed by atoms with Crippen LogP contribution in [0.5, 0.6) is 0 Å². The quantitative estimate of drug-likeness (QED) is 0.643. The van der Waals surface area contributed by atoms with Gasteiger partial charge in [0.15, 0.2) is 0 Å². The van der Waals surface area contributed by atoms with E-state index in [4.69, 9.17) is 0 Å². The fourth-order valence-corrected chi connectivity index (χ4v) is 2.65. The third-order valence-electron chi connectivity index (χ3n) is 3.97. The molecule has 1 aliphatic heterocycles. The zero-order chi connectivity index (χ0) is 13.4. The van der Waals surface area contributed by atoms with E-state index in [9.17, 15) is 9.90 Å². The van der Waals surface area contributed by atoms with Crippen molar-refractivity contribution in [3.8, 4) is 0 Å². The van der Waals surface area contributed by atoms with Crippen molar-refractivity contribution in [2.45, 2.75) is 52.1 Å². The van der Waals surface area contributed by atoms with E-state index in [0.717, 1.165) is 38.8 Å². The maximum atomic E-state index is 11.8. The number of hydrogen-bond donors (Lipinski definition) is 3. The van der Waals surface area contributed by atoms with E-state index in [1.165, 1.54) is 0 Å². The van der Waals surface area contributed by atoms with Gasteiger partial charge in [-0.3, -0.25) is 4.79 Å². The second-order valence-corrected chi connectivity index (χ2v) is 5.36. The molecule has 1 amide bonds. The summed E-state index contributed by atoms with van der Waals surface area (Å²) in [5.41, 5.74) is 0. The molecule has 1 heterocycles. The second-order valence-electron chi connectivity index (χ2n) is 5.36. The Morgan fingerprint density at radius 1 is 1.44 bits per heavy atom. The van der Waals surface area contributed by atoms with Crippen LogP contribution >= 0.6 is 0 Å². The Labute approximate surface area is 111 Å². The summed E-state index contributed by atoms with van der Waals surface area (Å²) in [6.07, 6.45) is 4.39. The van der Waals surface area contributed by atoms with Gasteiger partial charge in [0.2, 0.25) is 5.91 Å². The molecule has 3 N–H and O–H groups in total. The molecule has 2 unspecified atom stereocenters. The smallest absolute Gasteiger partial charge is 0.220 e. The Morgan fingerprint density at radius 2 is 2.17 bits per heavy atom. The van der Waals surface area contributed by atoms with Gasteiger partial charge in [-0.1, -0.05) is 26.7 Å². The van der Waals surface area contributed by atoms with Crippen molar-refractivity contribution in [2.24, 2.45) is 11.8 Å². The van der Waals surface area contributed by atoms with Crippen molar-refractivity contribution < 1.29 is 9.90 Å². The first-order valence-electron chi connectivity index (χ1n) is 7.32. The summed E-state index contributed by atoms with van der Waals surface area (Å²) in [5.74, 6) is 0.833. The predicted molar refractivity (Wildman–Crippen MR) is 73.3 cm³/mol. The molecule has 2 atom stereocenters. The van der Waals surface area contributed by atoms with Crippen LogP contribution in [0.1, 0.15) is 46.0 Å². The van der Waals surface area contributed by atoms with Crippen molar-refractivity contribution in [3.63, 3.8) is 0 Å². The SMILES string of the molecule is CCC(CC)C(O)CNC(=O)CC1CCCNC1. The number of carbonyl (C=O) groups excluding carboxylic acids is 1. The molecule has 0 spiro atoms. The van der Waals surface area contributed by atoms with Gasteiger partial charge in [0, 0.05) is 13.0 Å². The molecule has 1 saturated heterocycles. The number of hydrogen-bond acceptors (Lipinski definition) is 3. The highest BCUT2D eigenvalue weighted by Crippen LogP contribution is 2.14. The van der Waals surface area contributed by atoms with Gasteiger partial charge in [0.25, 0.3) is 0 Å². The number of piperidine rings is 1. The molecule has 0 saturated carbocycles. The van der Waals surface area contributed by atoms with Crippen LogP contribution < -0.4 is 10.6 Å². The van der Waals surface area contributed by atoms with Gasteiger partial charge in [0.05, 0.1) is 6.10 Å².